The topological polar surface area (TPSA) is 195 Å². The molecule has 0 aliphatic carbocycles. The number of aliphatic hydroxyl groups excluding tert-OH is 3. The highest BCUT2D eigenvalue weighted by molar-refractivity contribution is 7.16. The fourth-order valence-corrected chi connectivity index (χ4v) is 3.11. The highest BCUT2D eigenvalue weighted by Crippen LogP contribution is 2.30. The second kappa shape index (κ2) is 7.83. The minimum atomic E-state index is -1.44. The van der Waals surface area contributed by atoms with Gasteiger partial charge in [0.15, 0.2) is 11.9 Å². The van der Waals surface area contributed by atoms with E-state index in [4.69, 9.17) is 15.6 Å². The number of H-pyrrole nitrogens is 1. The molecule has 0 amide bonds. The monoisotopic (exact) mass is 366 g/mol. The van der Waals surface area contributed by atoms with Crippen molar-refractivity contribution in [3.05, 3.63) is 20.0 Å². The van der Waals surface area contributed by atoms with Gasteiger partial charge in [-0.05, 0) is 0 Å². The lowest BCUT2D eigenvalue weighted by Crippen LogP contribution is -2.34. The molecule has 0 aromatic carbocycles. The Bertz CT molecular complexity index is 801. The number of thiazole rings is 1. The Hall–Kier alpha value is -1.83. The minimum Gasteiger partial charge on any atom is -0.412 e. The molecular formula is C12H22N4O7S. The van der Waals surface area contributed by atoms with E-state index >= 15 is 0 Å². The Morgan fingerprint density at radius 1 is 1.29 bits per heavy atom. The average Bonchev–Trinajstić information content (AvgIpc) is 2.89. The smallest absolute Gasteiger partial charge is 0.311 e. The van der Waals surface area contributed by atoms with Crippen LogP contribution >= 0.6 is 11.3 Å². The Balaban J connectivity index is 0.00000176. The number of anilines is 1. The third kappa shape index (κ3) is 3.19. The maximum atomic E-state index is 12.0. The molecule has 8 N–H and O–H groups in total. The molecule has 12 heteroatoms. The molecular weight excluding hydrogens is 344 g/mol. The van der Waals surface area contributed by atoms with Crippen LogP contribution in [0.3, 0.4) is 0 Å². The van der Waals surface area contributed by atoms with Crippen molar-refractivity contribution in [1.82, 2.24) is 14.5 Å². The number of nitrogens with zero attached hydrogens (tertiary/aromatic N) is 2. The van der Waals surface area contributed by atoms with Crippen LogP contribution in [0.15, 0.2) is 9.59 Å². The van der Waals surface area contributed by atoms with Crippen molar-refractivity contribution in [2.75, 3.05) is 12.3 Å². The Morgan fingerprint density at radius 3 is 2.46 bits per heavy atom. The van der Waals surface area contributed by atoms with Crippen molar-refractivity contribution >= 4 is 27.6 Å². The van der Waals surface area contributed by atoms with Crippen LogP contribution in [0.25, 0.3) is 10.3 Å². The minimum absolute atomic E-state index is 0. The molecule has 0 spiro atoms. The third-order valence-corrected chi connectivity index (χ3v) is 4.21. The molecule has 3 heterocycles. The van der Waals surface area contributed by atoms with Gasteiger partial charge in [-0.3, -0.25) is 19.1 Å². The molecule has 11 nitrogen and oxygen atoms in total. The van der Waals surface area contributed by atoms with Gasteiger partial charge in [-0.15, -0.1) is 0 Å². The number of fused-ring (bicyclic) bond motifs is 1. The summed E-state index contributed by atoms with van der Waals surface area (Å²) in [7, 11) is 0. The summed E-state index contributed by atoms with van der Waals surface area (Å²) in [6.07, 6.45) is -5.10. The molecule has 3 rings (SSSR count). The second-order valence-electron chi connectivity index (χ2n) is 4.57. The van der Waals surface area contributed by atoms with E-state index in [1.165, 1.54) is 0 Å². The molecule has 24 heavy (non-hydrogen) atoms. The quantitative estimate of drug-likeness (QED) is 0.394. The molecule has 2 aromatic heterocycles. The van der Waals surface area contributed by atoms with Crippen LogP contribution < -0.4 is 16.2 Å². The maximum absolute atomic E-state index is 12.0. The van der Waals surface area contributed by atoms with E-state index in [0.717, 1.165) is 4.57 Å². The Labute approximate surface area is 140 Å². The van der Waals surface area contributed by atoms with E-state index in [1.54, 1.807) is 0 Å². The standard InChI is InChI=1S/C10H12N4O6S.2CH4.H2O/c11-9-12-6-5(7(18)13-9)21-10(19)14(6)8-4(17)3(16)2(1-15)20-8;;;/h2-4,8,15-17H,1H2,(H3,11,12,13,18);2*1H4;1H2/t2-,3-,4-,8-;;;/m1.../s1. The van der Waals surface area contributed by atoms with E-state index < -0.39 is 41.6 Å². The normalized spacial score (nSPS) is 25.6. The number of hydrogen-bond acceptors (Lipinski definition) is 9. The Morgan fingerprint density at radius 2 is 1.92 bits per heavy atom. The van der Waals surface area contributed by atoms with Crippen molar-refractivity contribution in [2.24, 2.45) is 0 Å². The average molecular weight is 366 g/mol. The number of nitrogens with one attached hydrogen (secondary N) is 1. The van der Waals surface area contributed by atoms with Crippen molar-refractivity contribution in [1.29, 1.82) is 0 Å². The van der Waals surface area contributed by atoms with Gasteiger partial charge < -0.3 is 31.3 Å². The summed E-state index contributed by atoms with van der Waals surface area (Å²) in [4.78, 5) is 29.3. The predicted molar refractivity (Wildman–Crippen MR) is 89.0 cm³/mol. The number of ether oxygens (including phenoxy) is 1. The van der Waals surface area contributed by atoms with Gasteiger partial charge in [0.1, 0.15) is 23.0 Å². The number of aromatic amines is 1. The molecule has 1 aliphatic heterocycles. The van der Waals surface area contributed by atoms with Gasteiger partial charge in [0.05, 0.1) is 6.61 Å². The first-order valence-electron chi connectivity index (χ1n) is 5.97. The van der Waals surface area contributed by atoms with Crippen LogP contribution in [0.5, 0.6) is 0 Å². The number of aromatic nitrogens is 3. The summed E-state index contributed by atoms with van der Waals surface area (Å²) in [5.74, 6) is -0.189. The first-order valence-corrected chi connectivity index (χ1v) is 6.79. The fourth-order valence-electron chi connectivity index (χ4n) is 2.26. The van der Waals surface area contributed by atoms with Crippen LogP contribution in [0.4, 0.5) is 5.95 Å². The predicted octanol–water partition coefficient (Wildman–Crippen LogP) is -2.21. The van der Waals surface area contributed by atoms with Crippen molar-refractivity contribution in [3.8, 4) is 0 Å². The molecule has 138 valence electrons. The van der Waals surface area contributed by atoms with Gasteiger partial charge in [-0.25, -0.2) is 0 Å². The zero-order valence-corrected chi connectivity index (χ0v) is 11.8. The number of aliphatic hydroxyl groups is 3. The van der Waals surface area contributed by atoms with Crippen molar-refractivity contribution in [2.45, 2.75) is 39.4 Å². The summed E-state index contributed by atoms with van der Waals surface area (Å²) in [6.45, 7) is -0.526. The summed E-state index contributed by atoms with van der Waals surface area (Å²) in [6, 6.07) is 0. The lowest BCUT2D eigenvalue weighted by atomic mass is 10.1. The molecule has 0 saturated carbocycles. The number of rotatable bonds is 2. The van der Waals surface area contributed by atoms with Gasteiger partial charge in [0.25, 0.3) is 5.56 Å². The largest absolute Gasteiger partial charge is 0.412 e. The van der Waals surface area contributed by atoms with Gasteiger partial charge in [-0.2, -0.15) is 4.98 Å². The van der Waals surface area contributed by atoms with E-state index in [2.05, 4.69) is 9.97 Å². The number of hydrogen-bond donors (Lipinski definition) is 5. The molecule has 0 bridgehead atoms. The van der Waals surface area contributed by atoms with E-state index in [0.29, 0.717) is 11.3 Å². The van der Waals surface area contributed by atoms with Crippen LogP contribution in [-0.2, 0) is 4.74 Å². The lowest BCUT2D eigenvalue weighted by Gasteiger charge is -2.15. The fraction of sp³-hybridized carbons (Fsp3) is 0.583. The van der Waals surface area contributed by atoms with E-state index in [1.807, 2.05) is 0 Å². The van der Waals surface area contributed by atoms with Crippen LogP contribution in [0.1, 0.15) is 21.1 Å². The molecule has 1 fully saturated rings. The van der Waals surface area contributed by atoms with Crippen molar-refractivity contribution in [3.63, 3.8) is 0 Å². The maximum Gasteiger partial charge on any atom is 0.311 e. The zero-order chi connectivity index (χ0) is 15.3. The van der Waals surface area contributed by atoms with Crippen LogP contribution in [-0.4, -0.2) is 60.2 Å². The lowest BCUT2D eigenvalue weighted by molar-refractivity contribution is -0.0518. The first-order chi connectivity index (χ1) is 9.93. The third-order valence-electron chi connectivity index (χ3n) is 3.26. The molecule has 1 aliphatic rings. The first kappa shape index (κ1) is 22.2. The molecule has 2 aromatic rings. The van der Waals surface area contributed by atoms with Crippen molar-refractivity contribution < 1.29 is 25.5 Å². The number of nitrogen functional groups attached to an aromatic ring is 1. The highest BCUT2D eigenvalue weighted by atomic mass is 32.1. The molecule has 0 unspecified atom stereocenters. The summed E-state index contributed by atoms with van der Waals surface area (Å²) >= 11 is 0.623. The molecule has 0 radical (unpaired) electrons. The SMILES string of the molecule is C.C.Nc1nc2c(sc(=O)n2[C@@H]2O[C@H](CO)[C@@H](O)[C@H]2O)c(=O)[nH]1.O. The van der Waals surface area contributed by atoms with Gasteiger partial charge in [0, 0.05) is 0 Å². The zero-order valence-electron chi connectivity index (χ0n) is 11.0. The van der Waals surface area contributed by atoms with Gasteiger partial charge >= 0.3 is 4.87 Å². The van der Waals surface area contributed by atoms with E-state index in [-0.39, 0.29) is 36.6 Å². The Kier molecular flexibility index (Phi) is 7.23. The van der Waals surface area contributed by atoms with Crippen LogP contribution in [0.2, 0.25) is 0 Å². The number of nitrogens with two attached hydrogens (primary N) is 1. The second-order valence-corrected chi connectivity index (χ2v) is 5.53. The summed E-state index contributed by atoms with van der Waals surface area (Å²) < 4.78 is 6.26. The molecule has 1 saturated heterocycles. The van der Waals surface area contributed by atoms with E-state index in [9.17, 15) is 19.8 Å². The summed E-state index contributed by atoms with van der Waals surface area (Å²) in [5, 5.41) is 28.8. The van der Waals surface area contributed by atoms with Crippen LogP contribution in [0, 0.1) is 0 Å². The molecule has 4 atom stereocenters. The summed E-state index contributed by atoms with van der Waals surface area (Å²) in [5.41, 5.74) is 4.83. The van der Waals surface area contributed by atoms with Gasteiger partial charge in [-0.1, -0.05) is 26.2 Å². The highest BCUT2D eigenvalue weighted by Gasteiger charge is 2.44. The van der Waals surface area contributed by atoms with Gasteiger partial charge in [0.2, 0.25) is 5.95 Å².